The van der Waals surface area contributed by atoms with Gasteiger partial charge >= 0.3 is 0 Å². The Bertz CT molecular complexity index is 679. The summed E-state index contributed by atoms with van der Waals surface area (Å²) in [5.41, 5.74) is 1.29. The summed E-state index contributed by atoms with van der Waals surface area (Å²) in [5.74, 6) is 6.08. The summed E-state index contributed by atoms with van der Waals surface area (Å²) in [6.45, 7) is 0.225. The number of rotatable bonds is 4. The van der Waals surface area contributed by atoms with E-state index in [1.807, 2.05) is 6.07 Å². The molecule has 1 aromatic heterocycles. The standard InChI is InChI=1S/C16H13ClFNO2/c1-20-16-13(5-3-7-19-16)11-21-15-9-12(4-2-6-17)8-14(18)10-15/h3,5,7-10H,6,11H2,1H3. The summed E-state index contributed by atoms with van der Waals surface area (Å²) in [5, 5.41) is 0. The third kappa shape index (κ3) is 4.37. The van der Waals surface area contributed by atoms with Crippen molar-refractivity contribution in [2.45, 2.75) is 6.61 Å². The van der Waals surface area contributed by atoms with Crippen molar-refractivity contribution in [1.82, 2.24) is 4.98 Å². The summed E-state index contributed by atoms with van der Waals surface area (Å²) >= 11 is 5.49. The molecule has 0 atom stereocenters. The van der Waals surface area contributed by atoms with E-state index in [0.717, 1.165) is 5.56 Å². The number of nitrogens with zero attached hydrogens (tertiary/aromatic N) is 1. The first-order chi connectivity index (χ1) is 10.2. The maximum absolute atomic E-state index is 13.5. The van der Waals surface area contributed by atoms with Gasteiger partial charge in [-0.15, -0.1) is 11.6 Å². The van der Waals surface area contributed by atoms with Crippen molar-refractivity contribution in [2.24, 2.45) is 0 Å². The molecular weight excluding hydrogens is 293 g/mol. The SMILES string of the molecule is COc1ncccc1COc1cc(F)cc(C#CCCl)c1. The van der Waals surface area contributed by atoms with Crippen molar-refractivity contribution in [2.75, 3.05) is 13.0 Å². The number of methoxy groups -OCH3 is 1. The van der Waals surface area contributed by atoms with Gasteiger partial charge in [-0.05, 0) is 24.3 Å². The smallest absolute Gasteiger partial charge is 0.219 e. The van der Waals surface area contributed by atoms with E-state index in [4.69, 9.17) is 21.1 Å². The van der Waals surface area contributed by atoms with Gasteiger partial charge < -0.3 is 9.47 Å². The zero-order valence-electron chi connectivity index (χ0n) is 11.4. The number of halogens is 2. The molecule has 0 spiro atoms. The minimum absolute atomic E-state index is 0.194. The van der Waals surface area contributed by atoms with Gasteiger partial charge in [-0.1, -0.05) is 11.8 Å². The van der Waals surface area contributed by atoms with Crippen LogP contribution in [0, 0.1) is 17.7 Å². The third-order valence-corrected chi connectivity index (χ3v) is 2.74. The minimum atomic E-state index is -0.412. The van der Waals surface area contributed by atoms with Crippen LogP contribution < -0.4 is 9.47 Å². The predicted molar refractivity (Wildman–Crippen MR) is 79.1 cm³/mol. The molecule has 0 bridgehead atoms. The van der Waals surface area contributed by atoms with E-state index in [1.54, 1.807) is 18.3 Å². The van der Waals surface area contributed by atoms with Gasteiger partial charge in [0.15, 0.2) is 0 Å². The van der Waals surface area contributed by atoms with Crippen LogP contribution in [-0.2, 0) is 6.61 Å². The van der Waals surface area contributed by atoms with Crippen LogP contribution in [0.5, 0.6) is 11.6 Å². The molecule has 0 aliphatic carbocycles. The fourth-order valence-electron chi connectivity index (χ4n) is 1.73. The molecule has 0 saturated carbocycles. The van der Waals surface area contributed by atoms with Crippen molar-refractivity contribution in [3.05, 3.63) is 53.5 Å². The lowest BCUT2D eigenvalue weighted by atomic mass is 10.2. The molecule has 5 heteroatoms. The number of pyridine rings is 1. The molecule has 108 valence electrons. The maximum Gasteiger partial charge on any atom is 0.219 e. The summed E-state index contributed by atoms with van der Waals surface area (Å²) in [6.07, 6.45) is 1.63. The van der Waals surface area contributed by atoms with E-state index in [1.165, 1.54) is 19.2 Å². The van der Waals surface area contributed by atoms with E-state index >= 15 is 0 Å². The fourth-order valence-corrected chi connectivity index (χ4v) is 1.80. The Morgan fingerprint density at radius 3 is 2.95 bits per heavy atom. The second-order valence-corrected chi connectivity index (χ2v) is 4.34. The molecular formula is C16H13ClFNO2. The lowest BCUT2D eigenvalue weighted by Crippen LogP contribution is -2.00. The van der Waals surface area contributed by atoms with E-state index in [0.29, 0.717) is 17.2 Å². The van der Waals surface area contributed by atoms with Crippen molar-refractivity contribution in [1.29, 1.82) is 0 Å². The van der Waals surface area contributed by atoms with Crippen LogP contribution >= 0.6 is 11.6 Å². The van der Waals surface area contributed by atoms with Gasteiger partial charge in [0.2, 0.25) is 5.88 Å². The van der Waals surface area contributed by atoms with Gasteiger partial charge in [-0.25, -0.2) is 9.37 Å². The molecule has 1 aromatic carbocycles. The van der Waals surface area contributed by atoms with E-state index in [9.17, 15) is 4.39 Å². The van der Waals surface area contributed by atoms with Gasteiger partial charge in [0.1, 0.15) is 18.2 Å². The highest BCUT2D eigenvalue weighted by atomic mass is 35.5. The van der Waals surface area contributed by atoms with Crippen molar-refractivity contribution in [3.8, 4) is 23.5 Å². The number of benzene rings is 1. The fraction of sp³-hybridized carbons (Fsp3) is 0.188. The molecule has 21 heavy (non-hydrogen) atoms. The zero-order chi connectivity index (χ0) is 15.1. The molecule has 0 saturated heterocycles. The second kappa shape index (κ2) is 7.51. The van der Waals surface area contributed by atoms with Crippen LogP contribution in [0.25, 0.3) is 0 Å². The largest absolute Gasteiger partial charge is 0.489 e. The van der Waals surface area contributed by atoms with Crippen LogP contribution in [0.3, 0.4) is 0 Å². The minimum Gasteiger partial charge on any atom is -0.489 e. The molecule has 2 aromatic rings. The molecule has 0 amide bonds. The first-order valence-electron chi connectivity index (χ1n) is 6.19. The van der Waals surface area contributed by atoms with Crippen LogP contribution in [0.2, 0.25) is 0 Å². The second-order valence-electron chi connectivity index (χ2n) is 4.07. The van der Waals surface area contributed by atoms with Crippen LogP contribution in [0.4, 0.5) is 4.39 Å². The maximum atomic E-state index is 13.5. The van der Waals surface area contributed by atoms with Gasteiger partial charge in [0, 0.05) is 17.8 Å². The number of hydrogen-bond acceptors (Lipinski definition) is 3. The first kappa shape index (κ1) is 15.1. The highest BCUT2D eigenvalue weighted by Crippen LogP contribution is 2.20. The van der Waals surface area contributed by atoms with E-state index in [2.05, 4.69) is 16.8 Å². The molecule has 0 fully saturated rings. The quantitative estimate of drug-likeness (QED) is 0.641. The first-order valence-corrected chi connectivity index (χ1v) is 6.72. The average molecular weight is 306 g/mol. The summed E-state index contributed by atoms with van der Waals surface area (Å²) in [7, 11) is 1.54. The molecule has 0 radical (unpaired) electrons. The Morgan fingerprint density at radius 2 is 2.19 bits per heavy atom. The number of alkyl halides is 1. The molecule has 0 aliphatic heterocycles. The van der Waals surface area contributed by atoms with Crippen molar-refractivity contribution < 1.29 is 13.9 Å². The summed E-state index contributed by atoms with van der Waals surface area (Å²) in [4.78, 5) is 4.07. The van der Waals surface area contributed by atoms with Crippen LogP contribution in [0.15, 0.2) is 36.5 Å². The zero-order valence-corrected chi connectivity index (χ0v) is 12.2. The normalized spacial score (nSPS) is 9.67. The van der Waals surface area contributed by atoms with Gasteiger partial charge in [-0.2, -0.15) is 0 Å². The molecule has 0 aliphatic rings. The lowest BCUT2D eigenvalue weighted by molar-refractivity contribution is 0.292. The Labute approximate surface area is 127 Å². The molecule has 0 unspecified atom stereocenters. The number of ether oxygens (including phenoxy) is 2. The van der Waals surface area contributed by atoms with Gasteiger partial charge in [-0.3, -0.25) is 0 Å². The molecule has 1 heterocycles. The van der Waals surface area contributed by atoms with E-state index in [-0.39, 0.29) is 12.5 Å². The summed E-state index contributed by atoms with van der Waals surface area (Å²) in [6, 6.07) is 7.90. The Morgan fingerprint density at radius 1 is 1.33 bits per heavy atom. The third-order valence-electron chi connectivity index (χ3n) is 2.61. The van der Waals surface area contributed by atoms with Crippen molar-refractivity contribution >= 4 is 11.6 Å². The Kier molecular flexibility index (Phi) is 5.42. The Hall–Kier alpha value is -2.25. The molecule has 2 rings (SSSR count). The van der Waals surface area contributed by atoms with Gasteiger partial charge in [0.25, 0.3) is 0 Å². The topological polar surface area (TPSA) is 31.4 Å². The predicted octanol–water partition coefficient (Wildman–Crippen LogP) is 3.40. The van der Waals surface area contributed by atoms with E-state index < -0.39 is 5.82 Å². The summed E-state index contributed by atoms with van der Waals surface area (Å²) < 4.78 is 24.2. The average Bonchev–Trinajstić information content (AvgIpc) is 2.50. The van der Waals surface area contributed by atoms with Gasteiger partial charge in [0.05, 0.1) is 18.6 Å². The lowest BCUT2D eigenvalue weighted by Gasteiger charge is -2.09. The number of aromatic nitrogens is 1. The Balaban J connectivity index is 2.14. The monoisotopic (exact) mass is 305 g/mol. The van der Waals surface area contributed by atoms with Crippen LogP contribution in [-0.4, -0.2) is 18.0 Å². The van der Waals surface area contributed by atoms with Crippen molar-refractivity contribution in [3.63, 3.8) is 0 Å². The van der Waals surface area contributed by atoms with Crippen LogP contribution in [0.1, 0.15) is 11.1 Å². The molecule has 3 nitrogen and oxygen atoms in total. The number of hydrogen-bond donors (Lipinski definition) is 0. The highest BCUT2D eigenvalue weighted by molar-refractivity contribution is 6.19. The highest BCUT2D eigenvalue weighted by Gasteiger charge is 2.05. The molecule has 0 N–H and O–H groups in total.